The molecule has 2 rings (SSSR count). The van der Waals surface area contributed by atoms with Crippen LogP contribution in [0.5, 0.6) is 0 Å². The fourth-order valence-corrected chi connectivity index (χ4v) is 2.74. The molecule has 1 aromatic carbocycles. The standard InChI is InChI=1S/C17H25ClN4O/c1-19-17(20-10-9-14-5-7-15(18)8-6-14)21-13-16(23)22-11-3-2-4-12-22/h5-8H,2-4,9-13H2,1H3,(H2,19,20,21). The molecule has 1 amide bonds. The molecule has 1 heterocycles. The van der Waals surface area contributed by atoms with Gasteiger partial charge in [0.2, 0.25) is 5.91 Å². The number of benzene rings is 1. The van der Waals surface area contributed by atoms with Crippen LogP contribution < -0.4 is 10.6 Å². The molecular weight excluding hydrogens is 312 g/mol. The summed E-state index contributed by atoms with van der Waals surface area (Å²) in [6.07, 6.45) is 4.32. The van der Waals surface area contributed by atoms with Crippen molar-refractivity contribution in [1.82, 2.24) is 15.5 Å². The van der Waals surface area contributed by atoms with Crippen molar-refractivity contribution in [3.8, 4) is 0 Å². The number of nitrogens with one attached hydrogen (secondary N) is 2. The van der Waals surface area contributed by atoms with E-state index in [1.165, 1.54) is 12.0 Å². The van der Waals surface area contributed by atoms with E-state index in [9.17, 15) is 4.79 Å². The Morgan fingerprint density at radius 1 is 1.17 bits per heavy atom. The number of likely N-dealkylation sites (tertiary alicyclic amines) is 1. The minimum absolute atomic E-state index is 0.144. The maximum absolute atomic E-state index is 12.1. The topological polar surface area (TPSA) is 56.7 Å². The van der Waals surface area contributed by atoms with Gasteiger partial charge in [-0.1, -0.05) is 23.7 Å². The Bertz CT molecular complexity index is 524. The van der Waals surface area contributed by atoms with Crippen molar-refractivity contribution >= 4 is 23.5 Å². The molecule has 1 aromatic rings. The van der Waals surface area contributed by atoms with Crippen LogP contribution in [0.2, 0.25) is 5.02 Å². The quantitative estimate of drug-likeness (QED) is 0.639. The lowest BCUT2D eigenvalue weighted by Gasteiger charge is -2.27. The zero-order valence-corrected chi connectivity index (χ0v) is 14.4. The second-order valence-corrected chi connectivity index (χ2v) is 6.11. The lowest BCUT2D eigenvalue weighted by atomic mass is 10.1. The van der Waals surface area contributed by atoms with Crippen molar-refractivity contribution in [1.29, 1.82) is 0 Å². The fraction of sp³-hybridized carbons (Fsp3) is 0.529. The molecule has 0 saturated carbocycles. The second-order valence-electron chi connectivity index (χ2n) is 5.67. The first kappa shape index (κ1) is 17.6. The SMILES string of the molecule is CN=C(NCCc1ccc(Cl)cc1)NCC(=O)N1CCCCC1. The van der Waals surface area contributed by atoms with E-state index in [0.717, 1.165) is 43.9 Å². The Morgan fingerprint density at radius 3 is 2.52 bits per heavy atom. The van der Waals surface area contributed by atoms with Crippen molar-refractivity contribution in [2.45, 2.75) is 25.7 Å². The van der Waals surface area contributed by atoms with Crippen LogP contribution in [0.15, 0.2) is 29.3 Å². The van der Waals surface area contributed by atoms with E-state index in [1.54, 1.807) is 7.05 Å². The average Bonchev–Trinajstić information content (AvgIpc) is 2.60. The first-order valence-corrected chi connectivity index (χ1v) is 8.53. The molecule has 0 aliphatic carbocycles. The van der Waals surface area contributed by atoms with Gasteiger partial charge in [0.15, 0.2) is 5.96 Å². The lowest BCUT2D eigenvalue weighted by Crippen LogP contribution is -2.46. The molecule has 0 bridgehead atoms. The summed E-state index contributed by atoms with van der Waals surface area (Å²) >= 11 is 5.87. The minimum Gasteiger partial charge on any atom is -0.356 e. The third-order valence-electron chi connectivity index (χ3n) is 3.96. The monoisotopic (exact) mass is 336 g/mol. The maximum Gasteiger partial charge on any atom is 0.241 e. The number of piperidine rings is 1. The summed E-state index contributed by atoms with van der Waals surface area (Å²) in [5.41, 5.74) is 1.21. The van der Waals surface area contributed by atoms with Crippen LogP contribution in [0, 0.1) is 0 Å². The van der Waals surface area contributed by atoms with Crippen molar-refractivity contribution in [3.63, 3.8) is 0 Å². The second kappa shape index (κ2) is 9.40. The number of aliphatic imine (C=N–C) groups is 1. The molecule has 0 spiro atoms. The average molecular weight is 337 g/mol. The predicted octanol–water partition coefficient (Wildman–Crippen LogP) is 2.06. The highest BCUT2D eigenvalue weighted by molar-refractivity contribution is 6.30. The number of carbonyl (C=O) groups is 1. The number of hydrogen-bond acceptors (Lipinski definition) is 2. The zero-order chi connectivity index (χ0) is 16.5. The van der Waals surface area contributed by atoms with E-state index < -0.39 is 0 Å². The molecule has 126 valence electrons. The third-order valence-corrected chi connectivity index (χ3v) is 4.21. The van der Waals surface area contributed by atoms with Crippen molar-refractivity contribution in [2.75, 3.05) is 33.2 Å². The molecule has 1 aliphatic heterocycles. The number of carbonyl (C=O) groups excluding carboxylic acids is 1. The highest BCUT2D eigenvalue weighted by Gasteiger charge is 2.16. The van der Waals surface area contributed by atoms with Crippen LogP contribution in [-0.2, 0) is 11.2 Å². The number of nitrogens with zero attached hydrogens (tertiary/aromatic N) is 2. The zero-order valence-electron chi connectivity index (χ0n) is 13.6. The first-order chi connectivity index (χ1) is 11.2. The Labute approximate surface area is 143 Å². The van der Waals surface area contributed by atoms with Crippen molar-refractivity contribution in [3.05, 3.63) is 34.9 Å². The minimum atomic E-state index is 0.144. The molecule has 0 aromatic heterocycles. The molecule has 5 nitrogen and oxygen atoms in total. The largest absolute Gasteiger partial charge is 0.356 e. The smallest absolute Gasteiger partial charge is 0.241 e. The first-order valence-electron chi connectivity index (χ1n) is 8.16. The van der Waals surface area contributed by atoms with Gasteiger partial charge in [0, 0.05) is 31.7 Å². The Hall–Kier alpha value is -1.75. The summed E-state index contributed by atoms with van der Waals surface area (Å²) in [4.78, 5) is 18.2. The summed E-state index contributed by atoms with van der Waals surface area (Å²) in [6.45, 7) is 2.80. The number of hydrogen-bond donors (Lipinski definition) is 2. The molecule has 23 heavy (non-hydrogen) atoms. The summed E-state index contributed by atoms with van der Waals surface area (Å²) in [5.74, 6) is 0.801. The molecular formula is C17H25ClN4O. The van der Waals surface area contributed by atoms with E-state index in [1.807, 2.05) is 29.2 Å². The van der Waals surface area contributed by atoms with E-state index in [0.29, 0.717) is 12.5 Å². The molecule has 0 unspecified atom stereocenters. The number of guanidine groups is 1. The van der Waals surface area contributed by atoms with E-state index in [2.05, 4.69) is 15.6 Å². The number of amides is 1. The summed E-state index contributed by atoms with van der Waals surface area (Å²) in [7, 11) is 1.71. The molecule has 1 saturated heterocycles. The lowest BCUT2D eigenvalue weighted by molar-refractivity contribution is -0.130. The van der Waals surface area contributed by atoms with Crippen LogP contribution >= 0.6 is 11.6 Å². The van der Waals surface area contributed by atoms with Gasteiger partial charge < -0.3 is 15.5 Å². The van der Waals surface area contributed by atoms with Crippen LogP contribution in [-0.4, -0.2) is 50.0 Å². The van der Waals surface area contributed by atoms with Crippen LogP contribution in [0.1, 0.15) is 24.8 Å². The van der Waals surface area contributed by atoms with Crippen molar-refractivity contribution < 1.29 is 4.79 Å². The van der Waals surface area contributed by atoms with Crippen LogP contribution in [0.4, 0.5) is 0 Å². The molecule has 6 heteroatoms. The highest BCUT2D eigenvalue weighted by Crippen LogP contribution is 2.09. The normalized spacial score (nSPS) is 15.4. The summed E-state index contributed by atoms with van der Waals surface area (Å²) < 4.78 is 0. The summed E-state index contributed by atoms with van der Waals surface area (Å²) in [6, 6.07) is 7.81. The Kier molecular flexibility index (Phi) is 7.20. The van der Waals surface area contributed by atoms with Gasteiger partial charge in [0.05, 0.1) is 6.54 Å². The Morgan fingerprint density at radius 2 is 1.87 bits per heavy atom. The van der Waals surface area contributed by atoms with Gasteiger partial charge in [-0.05, 0) is 43.4 Å². The van der Waals surface area contributed by atoms with Gasteiger partial charge in [0.1, 0.15) is 0 Å². The van der Waals surface area contributed by atoms with Crippen molar-refractivity contribution in [2.24, 2.45) is 4.99 Å². The molecule has 0 radical (unpaired) electrons. The van der Waals surface area contributed by atoms with Crippen LogP contribution in [0.25, 0.3) is 0 Å². The van der Waals surface area contributed by atoms with Gasteiger partial charge in [-0.15, -0.1) is 0 Å². The van der Waals surface area contributed by atoms with Gasteiger partial charge in [0.25, 0.3) is 0 Å². The Balaban J connectivity index is 1.68. The third kappa shape index (κ3) is 6.10. The summed E-state index contributed by atoms with van der Waals surface area (Å²) in [5, 5.41) is 7.06. The van der Waals surface area contributed by atoms with Gasteiger partial charge in [-0.3, -0.25) is 9.79 Å². The fourth-order valence-electron chi connectivity index (χ4n) is 2.61. The highest BCUT2D eigenvalue weighted by atomic mass is 35.5. The number of rotatable bonds is 5. The molecule has 0 atom stereocenters. The number of halogens is 1. The predicted molar refractivity (Wildman–Crippen MR) is 95.0 cm³/mol. The van der Waals surface area contributed by atoms with Gasteiger partial charge in [-0.25, -0.2) is 0 Å². The van der Waals surface area contributed by atoms with Gasteiger partial charge in [-0.2, -0.15) is 0 Å². The van der Waals surface area contributed by atoms with E-state index in [-0.39, 0.29) is 5.91 Å². The van der Waals surface area contributed by atoms with Crippen LogP contribution in [0.3, 0.4) is 0 Å². The molecule has 1 aliphatic rings. The van der Waals surface area contributed by atoms with E-state index in [4.69, 9.17) is 11.6 Å². The maximum atomic E-state index is 12.1. The molecule has 2 N–H and O–H groups in total. The van der Waals surface area contributed by atoms with E-state index >= 15 is 0 Å². The molecule has 1 fully saturated rings. The van der Waals surface area contributed by atoms with Gasteiger partial charge >= 0.3 is 0 Å².